The van der Waals surface area contributed by atoms with Gasteiger partial charge in [0.2, 0.25) is 5.95 Å². The molecule has 2 rings (SSSR count). The van der Waals surface area contributed by atoms with E-state index in [4.69, 9.17) is 4.74 Å². The van der Waals surface area contributed by atoms with Gasteiger partial charge < -0.3 is 10.1 Å². The van der Waals surface area contributed by atoms with E-state index in [9.17, 15) is 0 Å². The highest BCUT2D eigenvalue weighted by Crippen LogP contribution is 2.10. The van der Waals surface area contributed by atoms with Crippen molar-refractivity contribution in [3.8, 4) is 6.01 Å². The minimum Gasteiger partial charge on any atom is -0.464 e. The van der Waals surface area contributed by atoms with E-state index in [-0.39, 0.29) is 0 Å². The van der Waals surface area contributed by atoms with Crippen LogP contribution >= 0.6 is 0 Å². The highest BCUT2D eigenvalue weighted by atomic mass is 16.5. The Morgan fingerprint density at radius 3 is 2.78 bits per heavy atom. The average Bonchev–Trinajstić information content (AvgIpc) is 2.40. The molecule has 6 heteroatoms. The predicted molar refractivity (Wildman–Crippen MR) is 67.6 cm³/mol. The van der Waals surface area contributed by atoms with Gasteiger partial charge in [-0.1, -0.05) is 6.07 Å². The van der Waals surface area contributed by atoms with E-state index in [0.717, 1.165) is 5.69 Å². The molecule has 0 atom stereocenters. The molecule has 2 aromatic heterocycles. The fourth-order valence-corrected chi connectivity index (χ4v) is 1.45. The highest BCUT2D eigenvalue weighted by molar-refractivity contribution is 5.25. The van der Waals surface area contributed by atoms with Crippen molar-refractivity contribution in [3.63, 3.8) is 0 Å². The Morgan fingerprint density at radius 1 is 1.22 bits per heavy atom. The first-order valence-electron chi connectivity index (χ1n) is 5.77. The number of hydrogen-bond acceptors (Lipinski definition) is 6. The first-order valence-corrected chi connectivity index (χ1v) is 5.77. The Labute approximate surface area is 105 Å². The fraction of sp³-hybridized carbons (Fsp3) is 0.333. The number of aromatic nitrogens is 4. The molecule has 18 heavy (non-hydrogen) atoms. The van der Waals surface area contributed by atoms with Crippen LogP contribution in [0.5, 0.6) is 6.01 Å². The van der Waals surface area contributed by atoms with Crippen LogP contribution in [-0.2, 0) is 6.42 Å². The summed E-state index contributed by atoms with van der Waals surface area (Å²) < 4.78 is 5.30. The molecule has 0 saturated carbocycles. The molecule has 0 spiro atoms. The van der Waals surface area contributed by atoms with Gasteiger partial charge in [0, 0.05) is 18.9 Å². The van der Waals surface area contributed by atoms with Crippen LogP contribution in [0.15, 0.2) is 24.4 Å². The van der Waals surface area contributed by atoms with Crippen LogP contribution in [0.25, 0.3) is 0 Å². The van der Waals surface area contributed by atoms with Gasteiger partial charge in [-0.05, 0) is 19.1 Å². The molecule has 0 aliphatic carbocycles. The van der Waals surface area contributed by atoms with Crippen molar-refractivity contribution in [3.05, 3.63) is 35.9 Å². The van der Waals surface area contributed by atoms with Crippen molar-refractivity contribution in [2.75, 3.05) is 19.0 Å². The minimum atomic E-state index is 0.336. The van der Waals surface area contributed by atoms with E-state index in [1.165, 1.54) is 0 Å². The molecule has 0 fully saturated rings. The Kier molecular flexibility index (Phi) is 4.01. The van der Waals surface area contributed by atoms with Gasteiger partial charge in [-0.25, -0.2) is 0 Å². The SMILES string of the molecule is CCOc1nc(Cc2ccccn2)nc(NC)n1. The Morgan fingerprint density at radius 2 is 2.11 bits per heavy atom. The summed E-state index contributed by atoms with van der Waals surface area (Å²) in [5.41, 5.74) is 0.910. The van der Waals surface area contributed by atoms with Crippen LogP contribution in [0.1, 0.15) is 18.4 Å². The molecule has 0 aromatic carbocycles. The maximum Gasteiger partial charge on any atom is 0.321 e. The summed E-state index contributed by atoms with van der Waals surface area (Å²) >= 11 is 0. The first kappa shape index (κ1) is 12.2. The van der Waals surface area contributed by atoms with Crippen LogP contribution in [-0.4, -0.2) is 33.6 Å². The predicted octanol–water partition coefficient (Wildman–Crippen LogP) is 1.30. The lowest BCUT2D eigenvalue weighted by atomic mass is 10.2. The second-order valence-electron chi connectivity index (χ2n) is 3.54. The third-order valence-corrected chi connectivity index (χ3v) is 2.22. The summed E-state index contributed by atoms with van der Waals surface area (Å²) in [5.74, 6) is 1.14. The zero-order chi connectivity index (χ0) is 12.8. The standard InChI is InChI=1S/C12H15N5O/c1-3-18-12-16-10(15-11(13-2)17-12)8-9-6-4-5-7-14-9/h4-7H,3,8H2,1-2H3,(H,13,15,16,17). The highest BCUT2D eigenvalue weighted by Gasteiger charge is 2.07. The number of nitrogens with one attached hydrogen (secondary N) is 1. The molecule has 0 unspecified atom stereocenters. The molecule has 0 aliphatic heterocycles. The summed E-state index contributed by atoms with van der Waals surface area (Å²) in [6.45, 7) is 2.41. The van der Waals surface area contributed by atoms with Crippen molar-refractivity contribution in [1.29, 1.82) is 0 Å². The number of rotatable bonds is 5. The summed E-state index contributed by atoms with van der Waals surface area (Å²) in [6, 6.07) is 6.08. The van der Waals surface area contributed by atoms with Gasteiger partial charge in [0.05, 0.1) is 13.0 Å². The van der Waals surface area contributed by atoms with Gasteiger partial charge in [0.15, 0.2) is 0 Å². The molecule has 1 N–H and O–H groups in total. The van der Waals surface area contributed by atoms with E-state index in [2.05, 4.69) is 25.3 Å². The molecule has 0 bridgehead atoms. The third kappa shape index (κ3) is 3.13. The smallest absolute Gasteiger partial charge is 0.321 e. The normalized spacial score (nSPS) is 10.1. The number of hydrogen-bond donors (Lipinski definition) is 1. The number of anilines is 1. The second-order valence-corrected chi connectivity index (χ2v) is 3.54. The lowest BCUT2D eigenvalue weighted by Crippen LogP contribution is -2.08. The van der Waals surface area contributed by atoms with Gasteiger partial charge in [-0.15, -0.1) is 0 Å². The van der Waals surface area contributed by atoms with Crippen LogP contribution in [0, 0.1) is 0 Å². The monoisotopic (exact) mass is 245 g/mol. The first-order chi connectivity index (χ1) is 8.81. The van der Waals surface area contributed by atoms with Crippen LogP contribution in [0.2, 0.25) is 0 Å². The molecular formula is C12H15N5O. The molecule has 2 heterocycles. The van der Waals surface area contributed by atoms with Crippen LogP contribution in [0.4, 0.5) is 5.95 Å². The average molecular weight is 245 g/mol. The van der Waals surface area contributed by atoms with Gasteiger partial charge in [0.1, 0.15) is 5.82 Å². The van der Waals surface area contributed by atoms with Crippen molar-refractivity contribution in [2.45, 2.75) is 13.3 Å². The van der Waals surface area contributed by atoms with Crippen molar-refractivity contribution in [2.24, 2.45) is 0 Å². The Hall–Kier alpha value is -2.24. The summed E-state index contributed by atoms with van der Waals surface area (Å²) in [4.78, 5) is 16.9. The Bertz CT molecular complexity index is 503. The lowest BCUT2D eigenvalue weighted by Gasteiger charge is -2.06. The fourth-order valence-electron chi connectivity index (χ4n) is 1.45. The van der Waals surface area contributed by atoms with E-state index in [1.54, 1.807) is 13.2 Å². The zero-order valence-corrected chi connectivity index (χ0v) is 10.4. The lowest BCUT2D eigenvalue weighted by molar-refractivity contribution is 0.310. The molecule has 0 radical (unpaired) electrons. The number of ether oxygens (including phenoxy) is 1. The molecule has 0 saturated heterocycles. The molecule has 2 aromatic rings. The largest absolute Gasteiger partial charge is 0.464 e. The van der Waals surface area contributed by atoms with Gasteiger partial charge in [0.25, 0.3) is 0 Å². The molecule has 94 valence electrons. The maximum atomic E-state index is 5.30. The third-order valence-electron chi connectivity index (χ3n) is 2.22. The molecule has 0 amide bonds. The van der Waals surface area contributed by atoms with Crippen molar-refractivity contribution >= 4 is 5.95 Å². The summed E-state index contributed by atoms with van der Waals surface area (Å²) in [6.07, 6.45) is 2.30. The molecule has 0 aliphatic rings. The number of nitrogens with zero attached hydrogens (tertiary/aromatic N) is 4. The summed E-state index contributed by atoms with van der Waals surface area (Å²) in [7, 11) is 1.76. The van der Waals surface area contributed by atoms with Crippen LogP contribution < -0.4 is 10.1 Å². The second kappa shape index (κ2) is 5.90. The van der Waals surface area contributed by atoms with Gasteiger partial charge >= 0.3 is 6.01 Å². The minimum absolute atomic E-state index is 0.336. The van der Waals surface area contributed by atoms with E-state index < -0.39 is 0 Å². The number of pyridine rings is 1. The molecular weight excluding hydrogens is 230 g/mol. The Balaban J connectivity index is 2.24. The van der Waals surface area contributed by atoms with Gasteiger partial charge in [-0.2, -0.15) is 15.0 Å². The van der Waals surface area contributed by atoms with E-state index in [0.29, 0.717) is 30.8 Å². The van der Waals surface area contributed by atoms with E-state index in [1.807, 2.05) is 25.1 Å². The quantitative estimate of drug-likeness (QED) is 0.856. The van der Waals surface area contributed by atoms with Gasteiger partial charge in [-0.3, -0.25) is 4.98 Å². The summed E-state index contributed by atoms with van der Waals surface area (Å²) in [5, 5.41) is 2.89. The van der Waals surface area contributed by atoms with Crippen molar-refractivity contribution in [1.82, 2.24) is 19.9 Å². The molecule has 6 nitrogen and oxygen atoms in total. The maximum absolute atomic E-state index is 5.30. The van der Waals surface area contributed by atoms with Crippen molar-refractivity contribution < 1.29 is 4.74 Å². The topological polar surface area (TPSA) is 72.8 Å². The van der Waals surface area contributed by atoms with Crippen LogP contribution in [0.3, 0.4) is 0 Å². The zero-order valence-electron chi connectivity index (χ0n) is 10.4. The van der Waals surface area contributed by atoms with E-state index >= 15 is 0 Å².